The van der Waals surface area contributed by atoms with Crippen LogP contribution in [-0.4, -0.2) is 29.3 Å². The van der Waals surface area contributed by atoms with E-state index in [1.807, 2.05) is 0 Å². The van der Waals surface area contributed by atoms with Crippen molar-refractivity contribution in [2.45, 2.75) is 11.8 Å². The number of carboxylic acid groups (broad SMARTS) is 1. The van der Waals surface area contributed by atoms with Gasteiger partial charge < -0.3 is 9.84 Å². The number of nitrogens with zero attached hydrogens (tertiary/aromatic N) is 2. The molecule has 0 bridgehead atoms. The van der Waals surface area contributed by atoms with Gasteiger partial charge in [0.2, 0.25) is 0 Å². The molecule has 82 valence electrons. The van der Waals surface area contributed by atoms with Gasteiger partial charge in [-0.2, -0.15) is 5.26 Å². The predicted molar refractivity (Wildman–Crippen MR) is 53.9 cm³/mol. The van der Waals surface area contributed by atoms with Crippen LogP contribution in [0.2, 0.25) is 0 Å². The molecule has 1 aromatic heterocycles. The number of ether oxygens (including phenoxy) is 1. The third kappa shape index (κ3) is 1.64. The van der Waals surface area contributed by atoms with Gasteiger partial charge in [0, 0.05) is 12.8 Å². The third-order valence-corrected chi connectivity index (χ3v) is 2.77. The molecule has 1 aromatic rings. The molecule has 0 amide bonds. The molecule has 1 aliphatic rings. The van der Waals surface area contributed by atoms with E-state index in [9.17, 15) is 10.1 Å². The first-order valence-electron chi connectivity index (χ1n) is 4.87. The summed E-state index contributed by atoms with van der Waals surface area (Å²) >= 11 is 0. The lowest BCUT2D eigenvalue weighted by Crippen LogP contribution is -2.24. The van der Waals surface area contributed by atoms with Crippen LogP contribution in [0.25, 0.3) is 0 Å². The van der Waals surface area contributed by atoms with E-state index < -0.39 is 11.4 Å². The van der Waals surface area contributed by atoms with Gasteiger partial charge in [-0.3, -0.25) is 0 Å². The summed E-state index contributed by atoms with van der Waals surface area (Å²) in [6.07, 6.45) is 2.07. The Morgan fingerprint density at radius 2 is 2.44 bits per heavy atom. The SMILES string of the molecule is N#CC1(c2ccc(C(=O)O)nc2)CCOC1. The van der Waals surface area contributed by atoms with Gasteiger partial charge in [0.05, 0.1) is 12.7 Å². The number of aromatic nitrogens is 1. The first-order valence-corrected chi connectivity index (χ1v) is 4.87. The van der Waals surface area contributed by atoms with Crippen molar-refractivity contribution in [1.82, 2.24) is 4.98 Å². The summed E-state index contributed by atoms with van der Waals surface area (Å²) in [6, 6.07) is 5.28. The zero-order chi connectivity index (χ0) is 11.6. The van der Waals surface area contributed by atoms with E-state index in [1.165, 1.54) is 12.3 Å². The summed E-state index contributed by atoms with van der Waals surface area (Å²) < 4.78 is 5.22. The first-order chi connectivity index (χ1) is 7.68. The molecular formula is C11H10N2O3. The van der Waals surface area contributed by atoms with Gasteiger partial charge in [0.25, 0.3) is 0 Å². The standard InChI is InChI=1S/C11H10N2O3/c12-6-11(3-4-16-7-11)8-1-2-9(10(14)15)13-5-8/h1-2,5H,3-4,7H2,(H,14,15). The zero-order valence-electron chi connectivity index (χ0n) is 8.51. The summed E-state index contributed by atoms with van der Waals surface area (Å²) in [5, 5.41) is 17.9. The lowest BCUT2D eigenvalue weighted by atomic mass is 9.82. The van der Waals surface area contributed by atoms with Crippen molar-refractivity contribution in [2.24, 2.45) is 0 Å². The van der Waals surface area contributed by atoms with E-state index in [2.05, 4.69) is 11.1 Å². The number of hydrogen-bond acceptors (Lipinski definition) is 4. The highest BCUT2D eigenvalue weighted by Crippen LogP contribution is 2.31. The zero-order valence-corrected chi connectivity index (χ0v) is 8.51. The predicted octanol–water partition coefficient (Wildman–Crippen LogP) is 0.961. The monoisotopic (exact) mass is 218 g/mol. The second kappa shape index (κ2) is 3.91. The van der Waals surface area contributed by atoms with Crippen molar-refractivity contribution in [3.8, 4) is 6.07 Å². The van der Waals surface area contributed by atoms with Crippen molar-refractivity contribution in [1.29, 1.82) is 5.26 Å². The Kier molecular flexibility index (Phi) is 2.59. The Bertz CT molecular complexity index is 441. The highest BCUT2D eigenvalue weighted by atomic mass is 16.5. The second-order valence-corrected chi connectivity index (χ2v) is 3.73. The summed E-state index contributed by atoms with van der Waals surface area (Å²) in [4.78, 5) is 14.4. The fourth-order valence-electron chi connectivity index (χ4n) is 1.75. The Labute approximate surface area is 92.3 Å². The van der Waals surface area contributed by atoms with Gasteiger partial charge in [-0.25, -0.2) is 9.78 Å². The Hall–Kier alpha value is -1.93. The highest BCUT2D eigenvalue weighted by molar-refractivity contribution is 5.85. The van der Waals surface area contributed by atoms with Crippen LogP contribution < -0.4 is 0 Å². The van der Waals surface area contributed by atoms with Crippen LogP contribution in [0.5, 0.6) is 0 Å². The quantitative estimate of drug-likeness (QED) is 0.799. The molecule has 0 radical (unpaired) electrons. The van der Waals surface area contributed by atoms with Gasteiger partial charge in [-0.15, -0.1) is 0 Å². The van der Waals surface area contributed by atoms with E-state index in [0.29, 0.717) is 19.6 Å². The van der Waals surface area contributed by atoms with Gasteiger partial charge in [0.15, 0.2) is 0 Å². The minimum Gasteiger partial charge on any atom is -0.477 e. The number of rotatable bonds is 2. The first kappa shape index (κ1) is 10.6. The smallest absolute Gasteiger partial charge is 0.354 e. The molecule has 1 N–H and O–H groups in total. The number of pyridine rings is 1. The van der Waals surface area contributed by atoms with Crippen LogP contribution in [0.1, 0.15) is 22.5 Å². The normalized spacial score (nSPS) is 23.9. The minimum atomic E-state index is -1.07. The molecule has 16 heavy (non-hydrogen) atoms. The number of carboxylic acids is 1. The fraction of sp³-hybridized carbons (Fsp3) is 0.364. The van der Waals surface area contributed by atoms with Crippen molar-refractivity contribution in [3.63, 3.8) is 0 Å². The molecule has 1 unspecified atom stereocenters. The number of nitriles is 1. The Morgan fingerprint density at radius 1 is 1.62 bits per heavy atom. The summed E-state index contributed by atoms with van der Waals surface area (Å²) in [7, 11) is 0. The van der Waals surface area contributed by atoms with Crippen molar-refractivity contribution < 1.29 is 14.6 Å². The molecule has 1 atom stereocenters. The van der Waals surface area contributed by atoms with Crippen molar-refractivity contribution >= 4 is 5.97 Å². The summed E-state index contributed by atoms with van der Waals surface area (Å²) in [5.41, 5.74) is 0.0394. The van der Waals surface area contributed by atoms with E-state index >= 15 is 0 Å². The Balaban J connectivity index is 2.34. The molecule has 0 aromatic carbocycles. The molecular weight excluding hydrogens is 208 g/mol. The highest BCUT2D eigenvalue weighted by Gasteiger charge is 2.37. The largest absolute Gasteiger partial charge is 0.477 e. The lowest BCUT2D eigenvalue weighted by Gasteiger charge is -2.18. The van der Waals surface area contributed by atoms with E-state index in [1.54, 1.807) is 6.07 Å². The maximum atomic E-state index is 10.6. The molecule has 1 saturated heterocycles. The van der Waals surface area contributed by atoms with E-state index in [-0.39, 0.29) is 5.69 Å². The average Bonchev–Trinajstić information content (AvgIpc) is 2.79. The lowest BCUT2D eigenvalue weighted by molar-refractivity contribution is 0.0690. The van der Waals surface area contributed by atoms with Crippen LogP contribution >= 0.6 is 0 Å². The summed E-state index contributed by atoms with van der Waals surface area (Å²) in [5.74, 6) is -1.07. The fourth-order valence-corrected chi connectivity index (χ4v) is 1.75. The molecule has 1 aliphatic heterocycles. The minimum absolute atomic E-state index is 0.0178. The molecule has 1 fully saturated rings. The number of hydrogen-bond donors (Lipinski definition) is 1. The van der Waals surface area contributed by atoms with E-state index in [4.69, 9.17) is 9.84 Å². The van der Waals surface area contributed by atoms with Gasteiger partial charge in [-0.1, -0.05) is 6.07 Å². The van der Waals surface area contributed by atoms with Crippen molar-refractivity contribution in [2.75, 3.05) is 13.2 Å². The number of carbonyl (C=O) groups is 1. The van der Waals surface area contributed by atoms with Gasteiger partial charge in [0.1, 0.15) is 11.1 Å². The molecule has 0 aliphatic carbocycles. The maximum absolute atomic E-state index is 10.6. The molecule has 0 spiro atoms. The third-order valence-electron chi connectivity index (χ3n) is 2.77. The molecule has 5 heteroatoms. The van der Waals surface area contributed by atoms with E-state index in [0.717, 1.165) is 5.56 Å². The van der Waals surface area contributed by atoms with Crippen LogP contribution in [-0.2, 0) is 10.2 Å². The van der Waals surface area contributed by atoms with Gasteiger partial charge in [-0.05, 0) is 18.1 Å². The topological polar surface area (TPSA) is 83.2 Å². The average molecular weight is 218 g/mol. The Morgan fingerprint density at radius 3 is 2.88 bits per heavy atom. The van der Waals surface area contributed by atoms with Crippen LogP contribution in [0.4, 0.5) is 0 Å². The molecule has 5 nitrogen and oxygen atoms in total. The molecule has 2 rings (SSSR count). The van der Waals surface area contributed by atoms with Crippen LogP contribution in [0, 0.1) is 11.3 Å². The van der Waals surface area contributed by atoms with Crippen LogP contribution in [0.3, 0.4) is 0 Å². The molecule has 2 heterocycles. The second-order valence-electron chi connectivity index (χ2n) is 3.73. The number of aromatic carboxylic acids is 1. The van der Waals surface area contributed by atoms with Crippen molar-refractivity contribution in [3.05, 3.63) is 29.6 Å². The van der Waals surface area contributed by atoms with Gasteiger partial charge >= 0.3 is 5.97 Å². The molecule has 0 saturated carbocycles. The van der Waals surface area contributed by atoms with Crippen LogP contribution in [0.15, 0.2) is 18.3 Å². The maximum Gasteiger partial charge on any atom is 0.354 e. The summed E-state index contributed by atoms with van der Waals surface area (Å²) in [6.45, 7) is 0.895.